The van der Waals surface area contributed by atoms with Crippen LogP contribution in [0.2, 0.25) is 0 Å². The van der Waals surface area contributed by atoms with Gasteiger partial charge in [0.2, 0.25) is 10.0 Å². The molecule has 4 nitrogen and oxygen atoms in total. The summed E-state index contributed by atoms with van der Waals surface area (Å²) in [5.74, 6) is 0. The monoisotopic (exact) mass is 360 g/mol. The number of benzene rings is 1. The van der Waals surface area contributed by atoms with Gasteiger partial charge in [-0.1, -0.05) is 13.0 Å². The van der Waals surface area contributed by atoms with E-state index in [-0.39, 0.29) is 17.8 Å². The second-order valence-electron chi connectivity index (χ2n) is 7.01. The van der Waals surface area contributed by atoms with Crippen LogP contribution in [0, 0.1) is 33.1 Å². The van der Waals surface area contributed by atoms with E-state index in [1.165, 1.54) is 0 Å². The molecule has 0 radical (unpaired) electrons. The van der Waals surface area contributed by atoms with E-state index in [0.29, 0.717) is 11.4 Å². The van der Waals surface area contributed by atoms with Gasteiger partial charge in [-0.25, -0.2) is 13.1 Å². The first-order chi connectivity index (χ1) is 10.2. The Bertz CT molecular complexity index is 639. The van der Waals surface area contributed by atoms with Crippen LogP contribution in [0.15, 0.2) is 11.0 Å². The molecule has 1 saturated heterocycles. The predicted molar refractivity (Wildman–Crippen MR) is 98.0 cm³/mol. The third-order valence-electron chi connectivity index (χ3n) is 4.94. The van der Waals surface area contributed by atoms with Crippen LogP contribution in [0.3, 0.4) is 0 Å². The van der Waals surface area contributed by atoms with Gasteiger partial charge in [0, 0.05) is 13.1 Å². The number of aryl methyl sites for hydroxylation is 2. The van der Waals surface area contributed by atoms with Crippen molar-refractivity contribution in [2.75, 3.05) is 19.6 Å². The van der Waals surface area contributed by atoms with Crippen LogP contribution in [0.25, 0.3) is 0 Å². The van der Waals surface area contributed by atoms with Gasteiger partial charge in [-0.15, -0.1) is 12.4 Å². The summed E-state index contributed by atoms with van der Waals surface area (Å²) < 4.78 is 28.5. The molecule has 1 aliphatic heterocycles. The van der Waals surface area contributed by atoms with Crippen molar-refractivity contribution in [3.63, 3.8) is 0 Å². The van der Waals surface area contributed by atoms with Gasteiger partial charge in [-0.3, -0.25) is 0 Å². The van der Waals surface area contributed by atoms with E-state index in [4.69, 9.17) is 0 Å². The number of halogens is 1. The second-order valence-corrected chi connectivity index (χ2v) is 8.71. The normalized spacial score (nSPS) is 21.8. The topological polar surface area (TPSA) is 58.2 Å². The van der Waals surface area contributed by atoms with Crippen molar-refractivity contribution in [1.82, 2.24) is 10.0 Å². The van der Waals surface area contributed by atoms with Crippen molar-refractivity contribution in [2.24, 2.45) is 5.41 Å². The molecule has 0 bridgehead atoms. The quantitative estimate of drug-likeness (QED) is 0.867. The number of nitrogens with one attached hydrogen (secondary N) is 2. The summed E-state index contributed by atoms with van der Waals surface area (Å²) in [5, 5.41) is 3.36. The summed E-state index contributed by atoms with van der Waals surface area (Å²) in [6, 6.07) is 2.05. The average molecular weight is 361 g/mol. The predicted octanol–water partition coefficient (Wildman–Crippen LogP) is 3.01. The van der Waals surface area contributed by atoms with E-state index < -0.39 is 10.0 Å². The van der Waals surface area contributed by atoms with Crippen molar-refractivity contribution in [2.45, 2.75) is 52.4 Å². The Hall–Kier alpha value is -0.620. The van der Waals surface area contributed by atoms with Gasteiger partial charge in [0.25, 0.3) is 0 Å². The molecule has 0 saturated carbocycles. The van der Waals surface area contributed by atoms with Crippen molar-refractivity contribution in [3.05, 3.63) is 28.3 Å². The average Bonchev–Trinajstić information content (AvgIpc) is 2.44. The molecule has 1 fully saturated rings. The molecule has 1 atom stereocenters. The van der Waals surface area contributed by atoms with Crippen LogP contribution >= 0.6 is 12.4 Å². The molecular formula is C17H29ClN2O2S. The lowest BCUT2D eigenvalue weighted by Crippen LogP contribution is -2.45. The summed E-state index contributed by atoms with van der Waals surface area (Å²) in [4.78, 5) is 0.456. The molecule has 1 unspecified atom stereocenters. The number of sulfonamides is 1. The van der Waals surface area contributed by atoms with Gasteiger partial charge in [0.1, 0.15) is 0 Å². The maximum atomic E-state index is 12.8. The molecule has 1 aliphatic rings. The Kier molecular flexibility index (Phi) is 6.67. The molecule has 1 aromatic rings. The zero-order valence-electron chi connectivity index (χ0n) is 14.7. The highest BCUT2D eigenvalue weighted by Gasteiger charge is 2.30. The van der Waals surface area contributed by atoms with E-state index in [1.54, 1.807) is 0 Å². The van der Waals surface area contributed by atoms with Gasteiger partial charge >= 0.3 is 0 Å². The number of piperidine rings is 1. The summed E-state index contributed by atoms with van der Waals surface area (Å²) in [5.41, 5.74) is 3.74. The Labute approximate surface area is 146 Å². The molecule has 6 heteroatoms. The highest BCUT2D eigenvalue weighted by Crippen LogP contribution is 2.28. The molecule has 2 N–H and O–H groups in total. The van der Waals surface area contributed by atoms with E-state index in [2.05, 4.69) is 23.0 Å². The zero-order chi connectivity index (χ0) is 16.5. The Balaban J connectivity index is 0.00000264. The Morgan fingerprint density at radius 3 is 2.22 bits per heavy atom. The van der Waals surface area contributed by atoms with Crippen LogP contribution in [-0.4, -0.2) is 28.1 Å². The molecule has 0 amide bonds. The number of hydrogen-bond donors (Lipinski definition) is 2. The lowest BCUT2D eigenvalue weighted by molar-refractivity contribution is 0.238. The van der Waals surface area contributed by atoms with Crippen LogP contribution in [-0.2, 0) is 10.0 Å². The first-order valence-corrected chi connectivity index (χ1v) is 9.42. The van der Waals surface area contributed by atoms with Crippen molar-refractivity contribution >= 4 is 22.4 Å². The maximum absolute atomic E-state index is 12.8. The van der Waals surface area contributed by atoms with E-state index in [1.807, 2.05) is 27.7 Å². The van der Waals surface area contributed by atoms with E-state index in [0.717, 1.165) is 48.2 Å². The first kappa shape index (κ1) is 20.4. The fraction of sp³-hybridized carbons (Fsp3) is 0.647. The Morgan fingerprint density at radius 1 is 1.17 bits per heavy atom. The van der Waals surface area contributed by atoms with Crippen molar-refractivity contribution < 1.29 is 8.42 Å². The fourth-order valence-electron chi connectivity index (χ4n) is 3.19. The largest absolute Gasteiger partial charge is 0.316 e. The minimum absolute atomic E-state index is 0. The molecule has 2 rings (SSSR count). The molecule has 0 spiro atoms. The third-order valence-corrected chi connectivity index (χ3v) is 6.61. The number of hydrogen-bond acceptors (Lipinski definition) is 3. The molecule has 1 heterocycles. The molecule has 23 heavy (non-hydrogen) atoms. The first-order valence-electron chi connectivity index (χ1n) is 7.94. The highest BCUT2D eigenvalue weighted by molar-refractivity contribution is 7.89. The van der Waals surface area contributed by atoms with Gasteiger partial charge in [-0.2, -0.15) is 0 Å². The molecule has 132 valence electrons. The SMILES string of the molecule is Cc1cc(C)c(C)c(S(=O)(=O)NCC2(C)CCCNC2)c1C.Cl. The lowest BCUT2D eigenvalue weighted by atomic mass is 9.83. The maximum Gasteiger partial charge on any atom is 0.241 e. The van der Waals surface area contributed by atoms with E-state index >= 15 is 0 Å². The summed E-state index contributed by atoms with van der Waals surface area (Å²) in [6.07, 6.45) is 2.15. The van der Waals surface area contributed by atoms with Gasteiger partial charge < -0.3 is 5.32 Å². The zero-order valence-corrected chi connectivity index (χ0v) is 16.4. The smallest absolute Gasteiger partial charge is 0.241 e. The van der Waals surface area contributed by atoms with Crippen LogP contribution < -0.4 is 10.0 Å². The molecule has 0 aromatic heterocycles. The molecule has 1 aromatic carbocycles. The molecular weight excluding hydrogens is 332 g/mol. The fourth-order valence-corrected chi connectivity index (χ4v) is 5.01. The van der Waals surface area contributed by atoms with Crippen LogP contribution in [0.1, 0.15) is 42.0 Å². The van der Waals surface area contributed by atoms with Crippen molar-refractivity contribution in [3.8, 4) is 0 Å². The van der Waals surface area contributed by atoms with E-state index in [9.17, 15) is 8.42 Å². The van der Waals surface area contributed by atoms with Gasteiger partial charge in [-0.05, 0) is 74.8 Å². The third kappa shape index (κ3) is 4.47. The highest BCUT2D eigenvalue weighted by atomic mass is 35.5. The second kappa shape index (κ2) is 7.51. The summed E-state index contributed by atoms with van der Waals surface area (Å²) >= 11 is 0. The standard InChI is InChI=1S/C17H28N2O2S.ClH/c1-12-9-13(2)15(4)16(14(12)3)22(20,21)19-11-17(5)7-6-8-18-10-17;/h9,18-19H,6-8,10-11H2,1-5H3;1H. The minimum Gasteiger partial charge on any atom is -0.316 e. The van der Waals surface area contributed by atoms with Gasteiger partial charge in [0.15, 0.2) is 0 Å². The summed E-state index contributed by atoms with van der Waals surface area (Å²) in [6.45, 7) is 12.2. The van der Waals surface area contributed by atoms with Gasteiger partial charge in [0.05, 0.1) is 4.90 Å². The molecule has 0 aliphatic carbocycles. The van der Waals surface area contributed by atoms with Crippen molar-refractivity contribution in [1.29, 1.82) is 0 Å². The minimum atomic E-state index is -3.48. The number of rotatable bonds is 4. The lowest BCUT2D eigenvalue weighted by Gasteiger charge is -2.34. The summed E-state index contributed by atoms with van der Waals surface area (Å²) in [7, 11) is -3.48. The van der Waals surface area contributed by atoms with Crippen LogP contribution in [0.4, 0.5) is 0 Å². The Morgan fingerprint density at radius 2 is 1.74 bits per heavy atom. The van der Waals surface area contributed by atoms with Crippen LogP contribution in [0.5, 0.6) is 0 Å².